The Bertz CT molecular complexity index is 454. The van der Waals surface area contributed by atoms with Crippen LogP contribution in [0.1, 0.15) is 90.9 Å². The standard InChI is InChI=1S/C24H40O2/c1-3-5-6-7-8-12-21-13-9-10-14-22(21)15-11-20-26-24-18-16-23(17-19-24)25-4-2/h16-19,21-22H,3-15,20H2,1-2H3. The van der Waals surface area contributed by atoms with Gasteiger partial charge in [-0.05, 0) is 55.9 Å². The van der Waals surface area contributed by atoms with Crippen molar-refractivity contribution in [1.29, 1.82) is 0 Å². The molecule has 1 aromatic rings. The number of hydrogen-bond donors (Lipinski definition) is 0. The third-order valence-corrected chi connectivity index (χ3v) is 5.87. The van der Waals surface area contributed by atoms with E-state index in [4.69, 9.17) is 9.47 Å². The van der Waals surface area contributed by atoms with E-state index in [0.29, 0.717) is 6.61 Å². The van der Waals surface area contributed by atoms with Crippen LogP contribution in [0.3, 0.4) is 0 Å². The maximum atomic E-state index is 5.94. The van der Waals surface area contributed by atoms with E-state index in [2.05, 4.69) is 6.92 Å². The summed E-state index contributed by atoms with van der Waals surface area (Å²) in [6, 6.07) is 8.03. The number of unbranched alkanes of at least 4 members (excludes halogenated alkanes) is 4. The van der Waals surface area contributed by atoms with Gasteiger partial charge in [-0.2, -0.15) is 0 Å². The molecule has 0 aliphatic heterocycles. The normalized spacial score (nSPS) is 20.1. The van der Waals surface area contributed by atoms with Crippen molar-refractivity contribution in [2.24, 2.45) is 11.8 Å². The molecule has 2 rings (SSSR count). The van der Waals surface area contributed by atoms with E-state index in [1.807, 2.05) is 31.2 Å². The number of hydrogen-bond acceptors (Lipinski definition) is 2. The fraction of sp³-hybridized carbons (Fsp3) is 0.750. The van der Waals surface area contributed by atoms with Crippen LogP contribution in [0.2, 0.25) is 0 Å². The average molecular weight is 361 g/mol. The third kappa shape index (κ3) is 8.01. The molecule has 2 nitrogen and oxygen atoms in total. The van der Waals surface area contributed by atoms with Gasteiger partial charge in [0.1, 0.15) is 11.5 Å². The van der Waals surface area contributed by atoms with Gasteiger partial charge in [-0.3, -0.25) is 0 Å². The second-order valence-electron chi connectivity index (χ2n) is 7.90. The summed E-state index contributed by atoms with van der Waals surface area (Å²) >= 11 is 0. The monoisotopic (exact) mass is 360 g/mol. The summed E-state index contributed by atoms with van der Waals surface area (Å²) in [7, 11) is 0. The van der Waals surface area contributed by atoms with Gasteiger partial charge in [-0.25, -0.2) is 0 Å². The van der Waals surface area contributed by atoms with Gasteiger partial charge in [0, 0.05) is 0 Å². The van der Waals surface area contributed by atoms with Gasteiger partial charge in [0.25, 0.3) is 0 Å². The Morgan fingerprint density at radius 1 is 0.731 bits per heavy atom. The van der Waals surface area contributed by atoms with Crippen LogP contribution in [0.15, 0.2) is 24.3 Å². The Balaban J connectivity index is 1.62. The molecule has 0 N–H and O–H groups in total. The first-order valence-electron chi connectivity index (χ1n) is 11.2. The summed E-state index contributed by atoms with van der Waals surface area (Å²) in [4.78, 5) is 0. The lowest BCUT2D eigenvalue weighted by molar-refractivity contribution is 0.190. The Morgan fingerprint density at radius 3 is 1.92 bits per heavy atom. The van der Waals surface area contributed by atoms with Crippen molar-refractivity contribution in [1.82, 2.24) is 0 Å². The highest BCUT2D eigenvalue weighted by molar-refractivity contribution is 5.31. The minimum Gasteiger partial charge on any atom is -0.494 e. The largest absolute Gasteiger partial charge is 0.494 e. The number of rotatable bonds is 13. The summed E-state index contributed by atoms with van der Waals surface area (Å²) in [5.74, 6) is 3.81. The van der Waals surface area contributed by atoms with Crippen LogP contribution in [0.5, 0.6) is 11.5 Å². The molecule has 0 radical (unpaired) electrons. The average Bonchev–Trinajstić information content (AvgIpc) is 2.67. The van der Waals surface area contributed by atoms with Crippen molar-refractivity contribution < 1.29 is 9.47 Å². The van der Waals surface area contributed by atoms with Gasteiger partial charge in [0.2, 0.25) is 0 Å². The highest BCUT2D eigenvalue weighted by atomic mass is 16.5. The molecule has 0 amide bonds. The van der Waals surface area contributed by atoms with Gasteiger partial charge in [0.05, 0.1) is 13.2 Å². The van der Waals surface area contributed by atoms with Gasteiger partial charge in [-0.15, -0.1) is 0 Å². The molecule has 1 aliphatic rings. The van der Waals surface area contributed by atoms with Gasteiger partial charge < -0.3 is 9.47 Å². The Morgan fingerprint density at radius 2 is 1.31 bits per heavy atom. The Hall–Kier alpha value is -1.18. The van der Waals surface area contributed by atoms with E-state index in [1.165, 1.54) is 77.0 Å². The molecule has 26 heavy (non-hydrogen) atoms. The molecular weight excluding hydrogens is 320 g/mol. The first kappa shape index (κ1) is 21.1. The summed E-state index contributed by atoms with van der Waals surface area (Å²) < 4.78 is 11.4. The molecule has 0 saturated heterocycles. The summed E-state index contributed by atoms with van der Waals surface area (Å²) in [6.07, 6.45) is 16.9. The van der Waals surface area contributed by atoms with Crippen molar-refractivity contribution in [2.45, 2.75) is 90.9 Å². The first-order valence-corrected chi connectivity index (χ1v) is 11.2. The zero-order chi connectivity index (χ0) is 18.5. The lowest BCUT2D eigenvalue weighted by Crippen LogP contribution is -2.20. The Labute approximate surface area is 161 Å². The van der Waals surface area contributed by atoms with E-state index in [1.54, 1.807) is 0 Å². The molecule has 1 aliphatic carbocycles. The van der Waals surface area contributed by atoms with Crippen molar-refractivity contribution in [3.8, 4) is 11.5 Å². The molecule has 0 heterocycles. The fourth-order valence-electron chi connectivity index (χ4n) is 4.39. The van der Waals surface area contributed by atoms with E-state index in [0.717, 1.165) is 29.9 Å². The topological polar surface area (TPSA) is 18.5 Å². The molecule has 0 spiro atoms. The molecule has 148 valence electrons. The van der Waals surface area contributed by atoms with Crippen molar-refractivity contribution in [3.63, 3.8) is 0 Å². The molecule has 0 bridgehead atoms. The summed E-state index contributed by atoms with van der Waals surface area (Å²) in [5.41, 5.74) is 0. The van der Waals surface area contributed by atoms with Crippen LogP contribution in [0.25, 0.3) is 0 Å². The minimum absolute atomic E-state index is 0.710. The van der Waals surface area contributed by atoms with Crippen molar-refractivity contribution in [2.75, 3.05) is 13.2 Å². The van der Waals surface area contributed by atoms with Crippen molar-refractivity contribution in [3.05, 3.63) is 24.3 Å². The fourth-order valence-corrected chi connectivity index (χ4v) is 4.39. The quantitative estimate of drug-likeness (QED) is 0.341. The maximum absolute atomic E-state index is 5.94. The number of benzene rings is 1. The zero-order valence-corrected chi connectivity index (χ0v) is 17.2. The molecule has 0 aromatic heterocycles. The summed E-state index contributed by atoms with van der Waals surface area (Å²) in [6.45, 7) is 5.86. The number of ether oxygens (including phenoxy) is 2. The predicted octanol–water partition coefficient (Wildman–Crippen LogP) is 7.41. The molecule has 1 aromatic carbocycles. The highest BCUT2D eigenvalue weighted by Gasteiger charge is 2.24. The van der Waals surface area contributed by atoms with E-state index in [-0.39, 0.29) is 0 Å². The van der Waals surface area contributed by atoms with Crippen LogP contribution in [-0.4, -0.2) is 13.2 Å². The Kier molecular flexibility index (Phi) is 10.6. The van der Waals surface area contributed by atoms with Gasteiger partial charge in [-0.1, -0.05) is 71.1 Å². The lowest BCUT2D eigenvalue weighted by Gasteiger charge is -2.31. The van der Waals surface area contributed by atoms with Crippen molar-refractivity contribution >= 4 is 0 Å². The van der Waals surface area contributed by atoms with Gasteiger partial charge >= 0.3 is 0 Å². The molecule has 1 fully saturated rings. The smallest absolute Gasteiger partial charge is 0.119 e. The second-order valence-corrected chi connectivity index (χ2v) is 7.90. The predicted molar refractivity (Wildman–Crippen MR) is 111 cm³/mol. The zero-order valence-electron chi connectivity index (χ0n) is 17.2. The van der Waals surface area contributed by atoms with Crippen LogP contribution in [0.4, 0.5) is 0 Å². The SMILES string of the molecule is CCCCCCCC1CCCCC1CCCOc1ccc(OCC)cc1. The van der Waals surface area contributed by atoms with Crippen LogP contribution in [-0.2, 0) is 0 Å². The van der Waals surface area contributed by atoms with Crippen LogP contribution in [0, 0.1) is 11.8 Å². The van der Waals surface area contributed by atoms with E-state index < -0.39 is 0 Å². The lowest BCUT2D eigenvalue weighted by atomic mass is 9.74. The van der Waals surface area contributed by atoms with Crippen LogP contribution < -0.4 is 9.47 Å². The van der Waals surface area contributed by atoms with E-state index >= 15 is 0 Å². The minimum atomic E-state index is 0.710. The third-order valence-electron chi connectivity index (χ3n) is 5.87. The highest BCUT2D eigenvalue weighted by Crippen LogP contribution is 2.36. The molecule has 1 saturated carbocycles. The molecule has 2 atom stereocenters. The molecule has 2 heteroatoms. The maximum Gasteiger partial charge on any atom is 0.119 e. The van der Waals surface area contributed by atoms with Gasteiger partial charge in [0.15, 0.2) is 0 Å². The molecule has 2 unspecified atom stereocenters. The summed E-state index contributed by atoms with van der Waals surface area (Å²) in [5, 5.41) is 0. The molecular formula is C24H40O2. The van der Waals surface area contributed by atoms with Crippen LogP contribution >= 0.6 is 0 Å². The second kappa shape index (κ2) is 13.1. The first-order chi connectivity index (χ1) is 12.8. The van der Waals surface area contributed by atoms with E-state index in [9.17, 15) is 0 Å².